The largest absolute Gasteiger partial charge is 0.496 e. The molecule has 2 N–H and O–H groups in total. The second kappa shape index (κ2) is 6.45. The quantitative estimate of drug-likeness (QED) is 0.715. The molecule has 0 radical (unpaired) electrons. The molecule has 6 nitrogen and oxygen atoms in total. The van der Waals surface area contributed by atoms with Crippen LogP contribution in [0.25, 0.3) is 11.5 Å². The lowest BCUT2D eigenvalue weighted by Crippen LogP contribution is -2.11. The number of nitrogens with zero attached hydrogens (tertiary/aromatic N) is 1. The Labute approximate surface area is 137 Å². The van der Waals surface area contributed by atoms with E-state index >= 15 is 0 Å². The van der Waals surface area contributed by atoms with Crippen molar-refractivity contribution in [2.24, 2.45) is 0 Å². The zero-order chi connectivity index (χ0) is 16.2. The van der Waals surface area contributed by atoms with Gasteiger partial charge in [-0.25, -0.2) is 5.10 Å². The molecule has 3 aromatic rings. The molecule has 1 heterocycles. The van der Waals surface area contributed by atoms with Crippen LogP contribution in [0.3, 0.4) is 0 Å². The average Bonchev–Trinajstić information content (AvgIpc) is 3.01. The van der Waals surface area contributed by atoms with Crippen molar-refractivity contribution in [3.05, 3.63) is 58.9 Å². The molecule has 0 atom stereocenters. The monoisotopic (exact) mass is 327 g/mol. The van der Waals surface area contributed by atoms with Crippen LogP contribution < -0.4 is 10.1 Å². The van der Waals surface area contributed by atoms with Gasteiger partial charge in [0.2, 0.25) is 5.89 Å². The molecule has 0 fully saturated rings. The number of ether oxygens (including phenoxy) is 1. The Morgan fingerprint density at radius 1 is 1.26 bits per heavy atom. The van der Waals surface area contributed by atoms with E-state index < -0.39 is 0 Å². The summed E-state index contributed by atoms with van der Waals surface area (Å²) in [5.74, 6) is 0.645. The van der Waals surface area contributed by atoms with Crippen molar-refractivity contribution in [2.45, 2.75) is 0 Å². The van der Waals surface area contributed by atoms with Gasteiger partial charge < -0.3 is 14.5 Å². The maximum atomic E-state index is 12.2. The van der Waals surface area contributed by atoms with Crippen LogP contribution in [0.1, 0.15) is 10.4 Å². The predicted octanol–water partition coefficient (Wildman–Crippen LogP) is 3.66. The molecule has 0 saturated heterocycles. The number of methoxy groups -OCH3 is 1. The molecular formula is C16H13N3O3S. The maximum absolute atomic E-state index is 12.2. The fourth-order valence-electron chi connectivity index (χ4n) is 2.08. The summed E-state index contributed by atoms with van der Waals surface area (Å²) in [6.07, 6.45) is 0. The van der Waals surface area contributed by atoms with E-state index in [9.17, 15) is 4.79 Å². The van der Waals surface area contributed by atoms with E-state index in [1.165, 1.54) is 7.11 Å². The van der Waals surface area contributed by atoms with Gasteiger partial charge in [0.25, 0.3) is 10.7 Å². The van der Waals surface area contributed by atoms with Gasteiger partial charge in [0.05, 0.1) is 12.7 Å². The summed E-state index contributed by atoms with van der Waals surface area (Å²) in [6.45, 7) is 0. The van der Waals surface area contributed by atoms with Crippen LogP contribution in [0.4, 0.5) is 5.69 Å². The summed E-state index contributed by atoms with van der Waals surface area (Å²) in [7, 11) is 1.53. The molecule has 0 aliphatic carbocycles. The maximum Gasteiger partial charge on any atom is 0.284 e. The summed E-state index contributed by atoms with van der Waals surface area (Å²) >= 11 is 4.87. The predicted molar refractivity (Wildman–Crippen MR) is 88.1 cm³/mol. The molecule has 3 rings (SSSR count). The van der Waals surface area contributed by atoms with Crippen molar-refractivity contribution >= 4 is 23.8 Å². The highest BCUT2D eigenvalue weighted by Crippen LogP contribution is 2.31. The molecule has 0 aliphatic heterocycles. The van der Waals surface area contributed by atoms with Gasteiger partial charge in [-0.1, -0.05) is 18.2 Å². The number of hydrogen-bond donors (Lipinski definition) is 2. The van der Waals surface area contributed by atoms with E-state index in [4.69, 9.17) is 21.4 Å². The van der Waals surface area contributed by atoms with Gasteiger partial charge in [0.1, 0.15) is 5.75 Å². The van der Waals surface area contributed by atoms with Crippen LogP contribution in [-0.2, 0) is 0 Å². The van der Waals surface area contributed by atoms with Gasteiger partial charge in [-0.05, 0) is 36.5 Å². The first-order valence-electron chi connectivity index (χ1n) is 6.77. The molecule has 23 heavy (non-hydrogen) atoms. The Morgan fingerprint density at radius 2 is 2.04 bits per heavy atom. The molecule has 116 valence electrons. The second-order valence-electron chi connectivity index (χ2n) is 4.65. The highest BCUT2D eigenvalue weighted by Gasteiger charge is 2.13. The number of hydrogen-bond acceptors (Lipinski definition) is 5. The van der Waals surface area contributed by atoms with Crippen molar-refractivity contribution in [1.29, 1.82) is 0 Å². The fourth-order valence-corrected chi connectivity index (χ4v) is 2.21. The fraction of sp³-hybridized carbons (Fsp3) is 0.0625. The van der Waals surface area contributed by atoms with Gasteiger partial charge in [-0.15, -0.1) is 5.10 Å². The first kappa shape index (κ1) is 15.0. The number of nitrogens with one attached hydrogen (secondary N) is 2. The number of H-pyrrole nitrogens is 1. The lowest BCUT2D eigenvalue weighted by atomic mass is 10.1. The van der Waals surface area contributed by atoms with Crippen LogP contribution >= 0.6 is 12.2 Å². The minimum atomic E-state index is -0.197. The van der Waals surface area contributed by atoms with Gasteiger partial charge in [0.15, 0.2) is 0 Å². The summed E-state index contributed by atoms with van der Waals surface area (Å²) in [4.78, 5) is 12.4. The van der Waals surface area contributed by atoms with Crippen LogP contribution in [0.2, 0.25) is 0 Å². The Hall–Kier alpha value is -2.93. The highest BCUT2D eigenvalue weighted by atomic mass is 32.1. The summed E-state index contributed by atoms with van der Waals surface area (Å²) < 4.78 is 10.6. The van der Waals surface area contributed by atoms with Crippen LogP contribution in [0.15, 0.2) is 52.9 Å². The standard InChI is InChI=1S/C16H13N3O3S/c1-21-13-9-11(17-14(20)10-5-3-2-4-6-10)7-8-12(13)15-18-19-16(23)22-15/h2-9H,1H3,(H,17,20)(H,19,23). The van der Waals surface area contributed by atoms with Crippen LogP contribution in [0, 0.1) is 4.84 Å². The van der Waals surface area contributed by atoms with Crippen molar-refractivity contribution < 1.29 is 13.9 Å². The van der Waals surface area contributed by atoms with Crippen LogP contribution in [0.5, 0.6) is 5.75 Å². The van der Waals surface area contributed by atoms with Crippen molar-refractivity contribution in [3.63, 3.8) is 0 Å². The molecule has 1 amide bonds. The molecule has 0 bridgehead atoms. The van der Waals surface area contributed by atoms with Gasteiger partial charge >= 0.3 is 0 Å². The van der Waals surface area contributed by atoms with Crippen LogP contribution in [-0.4, -0.2) is 23.2 Å². The minimum absolute atomic E-state index is 0.184. The van der Waals surface area contributed by atoms with E-state index in [2.05, 4.69) is 15.5 Å². The van der Waals surface area contributed by atoms with E-state index in [0.29, 0.717) is 28.5 Å². The molecule has 1 aromatic heterocycles. The number of benzene rings is 2. The third-order valence-electron chi connectivity index (χ3n) is 3.16. The summed E-state index contributed by atoms with van der Waals surface area (Å²) in [5.41, 5.74) is 1.82. The first-order chi connectivity index (χ1) is 11.2. The molecule has 7 heteroatoms. The number of amides is 1. The van der Waals surface area contributed by atoms with Crippen molar-refractivity contribution in [2.75, 3.05) is 12.4 Å². The molecule has 2 aromatic carbocycles. The Morgan fingerprint density at radius 3 is 2.70 bits per heavy atom. The van der Waals surface area contributed by atoms with Gasteiger partial charge in [0, 0.05) is 17.3 Å². The molecule has 0 saturated carbocycles. The van der Waals surface area contributed by atoms with E-state index in [1.807, 2.05) is 18.2 Å². The van der Waals surface area contributed by atoms with E-state index in [-0.39, 0.29) is 10.7 Å². The second-order valence-corrected chi connectivity index (χ2v) is 5.02. The Bertz CT molecular complexity index is 887. The zero-order valence-corrected chi connectivity index (χ0v) is 13.0. The SMILES string of the molecule is COc1cc(NC(=O)c2ccccc2)ccc1-c1n[nH]c(=S)o1. The minimum Gasteiger partial charge on any atom is -0.496 e. The zero-order valence-electron chi connectivity index (χ0n) is 12.2. The van der Waals surface area contributed by atoms with E-state index in [0.717, 1.165) is 0 Å². The van der Waals surface area contributed by atoms with Crippen molar-refractivity contribution in [1.82, 2.24) is 10.2 Å². The third kappa shape index (κ3) is 3.29. The van der Waals surface area contributed by atoms with E-state index in [1.54, 1.807) is 30.3 Å². The number of carbonyl (C=O) groups is 1. The average molecular weight is 327 g/mol. The molecule has 0 aliphatic rings. The van der Waals surface area contributed by atoms with Gasteiger partial charge in [-0.3, -0.25) is 4.79 Å². The molecule has 0 spiro atoms. The molecular weight excluding hydrogens is 314 g/mol. The van der Waals surface area contributed by atoms with Gasteiger partial charge in [-0.2, -0.15) is 0 Å². The summed E-state index contributed by atoms with van der Waals surface area (Å²) in [6, 6.07) is 14.1. The number of aromatic nitrogens is 2. The number of carbonyl (C=O) groups excluding carboxylic acids is 1. The molecule has 0 unspecified atom stereocenters. The summed E-state index contributed by atoms with van der Waals surface area (Å²) in [5, 5.41) is 9.35. The first-order valence-corrected chi connectivity index (χ1v) is 7.18. The Kier molecular flexibility index (Phi) is 4.20. The Balaban J connectivity index is 1.87. The third-order valence-corrected chi connectivity index (χ3v) is 3.34. The normalized spacial score (nSPS) is 10.3. The topological polar surface area (TPSA) is 80.1 Å². The highest BCUT2D eigenvalue weighted by molar-refractivity contribution is 7.71. The number of rotatable bonds is 4. The number of anilines is 1. The van der Waals surface area contributed by atoms with Crippen molar-refractivity contribution in [3.8, 4) is 17.2 Å². The lowest BCUT2D eigenvalue weighted by Gasteiger charge is -2.09. The smallest absolute Gasteiger partial charge is 0.284 e. The number of aromatic amines is 1. The lowest BCUT2D eigenvalue weighted by molar-refractivity contribution is 0.102.